The molecule has 3 nitrogen and oxygen atoms in total. The van der Waals surface area contributed by atoms with Gasteiger partial charge in [0, 0.05) is 12.7 Å². The predicted octanol–water partition coefficient (Wildman–Crippen LogP) is 3.96. The fraction of sp³-hybridized carbons (Fsp3) is 0.667. The zero-order valence-electron chi connectivity index (χ0n) is 12.3. The Labute approximate surface area is 111 Å². The quantitative estimate of drug-likeness (QED) is 0.829. The van der Waals surface area contributed by atoms with E-state index in [0.29, 0.717) is 11.3 Å². The number of pyridine rings is 1. The van der Waals surface area contributed by atoms with Crippen molar-refractivity contribution in [3.05, 3.63) is 18.3 Å². The van der Waals surface area contributed by atoms with Crippen LogP contribution in [0.4, 0.5) is 5.82 Å². The van der Waals surface area contributed by atoms with Crippen molar-refractivity contribution in [2.45, 2.75) is 41.0 Å². The summed E-state index contributed by atoms with van der Waals surface area (Å²) in [4.78, 5) is 4.35. The maximum atomic E-state index is 5.68. The van der Waals surface area contributed by atoms with E-state index in [1.165, 1.54) is 0 Å². The molecule has 0 aromatic carbocycles. The highest BCUT2D eigenvalue weighted by molar-refractivity contribution is 5.49. The molecule has 0 bridgehead atoms. The first-order valence-electron chi connectivity index (χ1n) is 6.76. The minimum atomic E-state index is 0.298. The van der Waals surface area contributed by atoms with Crippen molar-refractivity contribution in [3.8, 4) is 5.75 Å². The number of nitrogens with zero attached hydrogens (tertiary/aromatic N) is 1. The Morgan fingerprint density at radius 2 is 2.11 bits per heavy atom. The molecule has 1 heterocycles. The highest BCUT2D eigenvalue weighted by Gasteiger charge is 2.20. The Balaban J connectivity index is 2.61. The molecule has 102 valence electrons. The zero-order valence-corrected chi connectivity index (χ0v) is 12.3. The fourth-order valence-corrected chi connectivity index (χ4v) is 1.41. The zero-order chi connectivity index (χ0) is 13.6. The molecular formula is C15H26N2O. The van der Waals surface area contributed by atoms with Gasteiger partial charge in [-0.05, 0) is 29.9 Å². The largest absolute Gasteiger partial charge is 0.490 e. The summed E-state index contributed by atoms with van der Waals surface area (Å²) in [6.07, 6.45) is 2.80. The summed E-state index contributed by atoms with van der Waals surface area (Å²) in [6.45, 7) is 12.8. The molecule has 18 heavy (non-hydrogen) atoms. The van der Waals surface area contributed by atoms with Gasteiger partial charge in [0.05, 0.1) is 6.61 Å². The number of hydrogen-bond donors (Lipinski definition) is 1. The van der Waals surface area contributed by atoms with Crippen molar-refractivity contribution in [1.82, 2.24) is 4.98 Å². The molecule has 1 unspecified atom stereocenters. The van der Waals surface area contributed by atoms with Gasteiger partial charge in [0.25, 0.3) is 0 Å². The van der Waals surface area contributed by atoms with Gasteiger partial charge >= 0.3 is 0 Å². The maximum Gasteiger partial charge on any atom is 0.168 e. The lowest BCUT2D eigenvalue weighted by Crippen LogP contribution is -2.25. The Bertz CT molecular complexity index is 358. The number of rotatable bonds is 6. The van der Waals surface area contributed by atoms with Crippen molar-refractivity contribution >= 4 is 5.82 Å². The van der Waals surface area contributed by atoms with E-state index in [1.807, 2.05) is 12.1 Å². The van der Waals surface area contributed by atoms with Crippen molar-refractivity contribution in [1.29, 1.82) is 0 Å². The number of nitrogens with one attached hydrogen (secondary N) is 1. The number of anilines is 1. The van der Waals surface area contributed by atoms with Crippen molar-refractivity contribution in [2.24, 2.45) is 11.3 Å². The monoisotopic (exact) mass is 250 g/mol. The van der Waals surface area contributed by atoms with E-state index in [9.17, 15) is 0 Å². The lowest BCUT2D eigenvalue weighted by molar-refractivity contribution is 0.273. The molecule has 0 aliphatic carbocycles. The third kappa shape index (κ3) is 4.55. The Morgan fingerprint density at radius 3 is 2.72 bits per heavy atom. The Kier molecular flexibility index (Phi) is 5.45. The van der Waals surface area contributed by atoms with Crippen LogP contribution in [0.5, 0.6) is 5.75 Å². The van der Waals surface area contributed by atoms with Gasteiger partial charge in [-0.2, -0.15) is 0 Å². The molecule has 0 radical (unpaired) electrons. The van der Waals surface area contributed by atoms with Crippen molar-refractivity contribution in [3.63, 3.8) is 0 Å². The van der Waals surface area contributed by atoms with Crippen LogP contribution < -0.4 is 10.1 Å². The molecule has 0 saturated heterocycles. The molecule has 0 aliphatic rings. The molecule has 0 spiro atoms. The van der Waals surface area contributed by atoms with Crippen molar-refractivity contribution < 1.29 is 4.74 Å². The van der Waals surface area contributed by atoms with Crippen LogP contribution in [0, 0.1) is 11.3 Å². The molecule has 0 aliphatic heterocycles. The van der Waals surface area contributed by atoms with Crippen LogP contribution in [0.2, 0.25) is 0 Å². The highest BCUT2D eigenvalue weighted by Crippen LogP contribution is 2.27. The summed E-state index contributed by atoms with van der Waals surface area (Å²) < 4.78 is 5.68. The topological polar surface area (TPSA) is 34.1 Å². The van der Waals surface area contributed by atoms with Gasteiger partial charge in [0.2, 0.25) is 0 Å². The van der Waals surface area contributed by atoms with E-state index >= 15 is 0 Å². The fourth-order valence-electron chi connectivity index (χ4n) is 1.41. The van der Waals surface area contributed by atoms with E-state index in [4.69, 9.17) is 4.74 Å². The summed E-state index contributed by atoms with van der Waals surface area (Å²) >= 11 is 0. The first-order chi connectivity index (χ1) is 8.45. The van der Waals surface area contributed by atoms with E-state index in [2.05, 4.69) is 44.9 Å². The van der Waals surface area contributed by atoms with Crippen LogP contribution in [-0.2, 0) is 0 Å². The Morgan fingerprint density at radius 1 is 1.39 bits per heavy atom. The molecule has 1 aromatic rings. The van der Waals surface area contributed by atoms with Gasteiger partial charge in [-0.1, -0.05) is 34.6 Å². The van der Waals surface area contributed by atoms with Crippen molar-refractivity contribution in [2.75, 3.05) is 18.5 Å². The molecule has 1 N–H and O–H groups in total. The maximum absolute atomic E-state index is 5.68. The standard InChI is InChI=1S/C15H26N2O/c1-6-10-18-13-8-7-9-16-14(13)17-11-12(2)15(3,4)5/h7-9,12H,6,10-11H2,1-5H3,(H,16,17). The SMILES string of the molecule is CCCOc1cccnc1NCC(C)C(C)(C)C. The summed E-state index contributed by atoms with van der Waals surface area (Å²) in [5, 5.41) is 3.39. The van der Waals surface area contributed by atoms with Crippen LogP contribution in [0.3, 0.4) is 0 Å². The molecule has 0 fully saturated rings. The molecule has 0 saturated carbocycles. The normalized spacial score (nSPS) is 13.2. The van der Waals surface area contributed by atoms with E-state index in [1.54, 1.807) is 6.20 Å². The second kappa shape index (κ2) is 6.62. The average molecular weight is 250 g/mol. The smallest absolute Gasteiger partial charge is 0.168 e. The summed E-state index contributed by atoms with van der Waals surface area (Å²) in [5.74, 6) is 2.26. The number of ether oxygens (including phenoxy) is 1. The first kappa shape index (κ1) is 14.8. The van der Waals surface area contributed by atoms with Gasteiger partial charge in [0.1, 0.15) is 0 Å². The predicted molar refractivity (Wildman–Crippen MR) is 77.1 cm³/mol. The van der Waals surface area contributed by atoms with Crippen LogP contribution >= 0.6 is 0 Å². The molecule has 1 aromatic heterocycles. The molecule has 3 heteroatoms. The minimum absolute atomic E-state index is 0.298. The first-order valence-corrected chi connectivity index (χ1v) is 6.76. The minimum Gasteiger partial charge on any atom is -0.490 e. The van der Waals surface area contributed by atoms with E-state index < -0.39 is 0 Å². The van der Waals surface area contributed by atoms with Gasteiger partial charge in [0.15, 0.2) is 11.6 Å². The lowest BCUT2D eigenvalue weighted by atomic mass is 9.82. The van der Waals surface area contributed by atoms with Crippen LogP contribution in [0.15, 0.2) is 18.3 Å². The van der Waals surface area contributed by atoms with Gasteiger partial charge in [-0.3, -0.25) is 0 Å². The number of aromatic nitrogens is 1. The van der Waals surface area contributed by atoms with E-state index in [-0.39, 0.29) is 0 Å². The third-order valence-electron chi connectivity index (χ3n) is 3.29. The third-order valence-corrected chi connectivity index (χ3v) is 3.29. The molecular weight excluding hydrogens is 224 g/mol. The van der Waals surface area contributed by atoms with Crippen LogP contribution in [0.25, 0.3) is 0 Å². The molecule has 1 atom stereocenters. The van der Waals surface area contributed by atoms with Gasteiger partial charge in [-0.15, -0.1) is 0 Å². The van der Waals surface area contributed by atoms with E-state index in [0.717, 1.165) is 31.1 Å². The van der Waals surface area contributed by atoms with Gasteiger partial charge in [-0.25, -0.2) is 4.98 Å². The van der Waals surface area contributed by atoms with Crippen LogP contribution in [-0.4, -0.2) is 18.1 Å². The van der Waals surface area contributed by atoms with Gasteiger partial charge < -0.3 is 10.1 Å². The Hall–Kier alpha value is -1.25. The lowest BCUT2D eigenvalue weighted by Gasteiger charge is -2.27. The summed E-state index contributed by atoms with van der Waals surface area (Å²) in [5.41, 5.74) is 0.298. The second-order valence-corrected chi connectivity index (χ2v) is 5.85. The molecule has 0 amide bonds. The second-order valence-electron chi connectivity index (χ2n) is 5.85. The molecule has 1 rings (SSSR count). The number of hydrogen-bond acceptors (Lipinski definition) is 3. The highest BCUT2D eigenvalue weighted by atomic mass is 16.5. The average Bonchev–Trinajstić information content (AvgIpc) is 2.33. The summed E-state index contributed by atoms with van der Waals surface area (Å²) in [6, 6.07) is 3.87. The van der Waals surface area contributed by atoms with Crippen LogP contribution in [0.1, 0.15) is 41.0 Å². The summed E-state index contributed by atoms with van der Waals surface area (Å²) in [7, 11) is 0.